The molecule has 1 fully saturated rings. The minimum Gasteiger partial charge on any atom is -0.444 e. The molecule has 1 aromatic carbocycles. The zero-order valence-electron chi connectivity index (χ0n) is 16.7. The van der Waals surface area contributed by atoms with Crippen molar-refractivity contribution in [2.45, 2.75) is 51.7 Å². The first-order valence-corrected chi connectivity index (χ1v) is 9.50. The van der Waals surface area contributed by atoms with E-state index in [2.05, 4.69) is 16.0 Å². The van der Waals surface area contributed by atoms with E-state index in [1.807, 2.05) is 0 Å². The number of anilines is 1. The first-order chi connectivity index (χ1) is 13.2. The third kappa shape index (κ3) is 7.56. The van der Waals surface area contributed by atoms with Gasteiger partial charge in [0, 0.05) is 26.1 Å². The average Bonchev–Trinajstić information content (AvgIpc) is 3.12. The van der Waals surface area contributed by atoms with Crippen LogP contribution in [-0.2, 0) is 14.3 Å². The number of amides is 3. The Morgan fingerprint density at radius 2 is 1.93 bits per heavy atom. The van der Waals surface area contributed by atoms with Gasteiger partial charge >= 0.3 is 6.09 Å². The minimum absolute atomic E-state index is 0.0460. The fraction of sp³-hybridized carbons (Fsp3) is 0.550. The third-order valence-corrected chi connectivity index (χ3v) is 3.98. The van der Waals surface area contributed by atoms with Crippen LogP contribution in [0, 0.1) is 0 Å². The molecule has 2 rings (SSSR count). The predicted molar refractivity (Wildman–Crippen MR) is 105 cm³/mol. The Morgan fingerprint density at radius 1 is 1.18 bits per heavy atom. The molecule has 8 nitrogen and oxygen atoms in total. The summed E-state index contributed by atoms with van der Waals surface area (Å²) in [6.07, 6.45) is 1.47. The summed E-state index contributed by atoms with van der Waals surface area (Å²) >= 11 is 0. The van der Waals surface area contributed by atoms with E-state index in [0.717, 1.165) is 19.4 Å². The fourth-order valence-corrected chi connectivity index (χ4v) is 2.70. The quantitative estimate of drug-likeness (QED) is 0.662. The Morgan fingerprint density at radius 3 is 2.61 bits per heavy atom. The first kappa shape index (κ1) is 21.7. The van der Waals surface area contributed by atoms with Crippen LogP contribution >= 0.6 is 0 Å². The zero-order valence-corrected chi connectivity index (χ0v) is 16.7. The van der Waals surface area contributed by atoms with Crippen molar-refractivity contribution in [2.24, 2.45) is 0 Å². The lowest BCUT2D eigenvalue weighted by Crippen LogP contribution is -2.34. The van der Waals surface area contributed by atoms with Crippen LogP contribution in [-0.4, -0.2) is 49.3 Å². The minimum atomic E-state index is -0.595. The number of nitrogens with one attached hydrogen (secondary N) is 3. The molecule has 0 bridgehead atoms. The van der Waals surface area contributed by atoms with Crippen molar-refractivity contribution in [1.82, 2.24) is 10.6 Å². The Hall–Kier alpha value is -2.61. The summed E-state index contributed by atoms with van der Waals surface area (Å²) in [5.41, 5.74) is 0.214. The molecule has 8 heteroatoms. The molecular formula is C20H29N3O5. The summed E-state index contributed by atoms with van der Waals surface area (Å²) in [5.74, 6) is -0.575. The van der Waals surface area contributed by atoms with Crippen LogP contribution in [0.5, 0.6) is 0 Å². The Balaban J connectivity index is 1.81. The number of hydrogen-bond acceptors (Lipinski definition) is 5. The van der Waals surface area contributed by atoms with Gasteiger partial charge in [-0.3, -0.25) is 9.59 Å². The molecule has 1 heterocycles. The van der Waals surface area contributed by atoms with Gasteiger partial charge in [-0.25, -0.2) is 4.79 Å². The third-order valence-electron chi connectivity index (χ3n) is 3.98. The normalized spacial score (nSPS) is 16.3. The van der Waals surface area contributed by atoms with Crippen molar-refractivity contribution in [3.8, 4) is 0 Å². The van der Waals surface area contributed by atoms with E-state index in [1.165, 1.54) is 0 Å². The zero-order chi connectivity index (χ0) is 20.6. The SMILES string of the molecule is CC(C)(C)OC(=O)NCCC(=O)Nc1ccccc1C(=O)NCC1CCCO1. The number of para-hydroxylation sites is 1. The lowest BCUT2D eigenvalue weighted by molar-refractivity contribution is -0.116. The van der Waals surface area contributed by atoms with Gasteiger partial charge in [0.15, 0.2) is 0 Å². The fourth-order valence-electron chi connectivity index (χ4n) is 2.70. The van der Waals surface area contributed by atoms with E-state index in [-0.39, 0.29) is 30.9 Å². The molecule has 1 aromatic rings. The van der Waals surface area contributed by atoms with Crippen molar-refractivity contribution >= 4 is 23.6 Å². The molecule has 154 valence electrons. The van der Waals surface area contributed by atoms with Gasteiger partial charge in [-0.1, -0.05) is 12.1 Å². The van der Waals surface area contributed by atoms with Gasteiger partial charge in [0.2, 0.25) is 5.91 Å². The predicted octanol–water partition coefficient (Wildman–Crippen LogP) is 2.45. The number of ether oxygens (including phenoxy) is 2. The molecule has 1 saturated heterocycles. The van der Waals surface area contributed by atoms with Crippen LogP contribution in [0.1, 0.15) is 50.4 Å². The molecule has 28 heavy (non-hydrogen) atoms. The Kier molecular flexibility index (Phi) is 7.80. The largest absolute Gasteiger partial charge is 0.444 e. The van der Waals surface area contributed by atoms with E-state index in [9.17, 15) is 14.4 Å². The highest BCUT2D eigenvalue weighted by Crippen LogP contribution is 2.16. The van der Waals surface area contributed by atoms with Crippen LogP contribution in [0.4, 0.5) is 10.5 Å². The standard InChI is InChI=1S/C20H29N3O5/c1-20(2,3)28-19(26)21-11-10-17(24)23-16-9-5-4-8-15(16)18(25)22-13-14-7-6-12-27-14/h4-5,8-9,14H,6-7,10-13H2,1-3H3,(H,21,26)(H,22,25)(H,23,24). The molecule has 0 aliphatic carbocycles. The van der Waals surface area contributed by atoms with Crippen LogP contribution in [0.25, 0.3) is 0 Å². The summed E-state index contributed by atoms with van der Waals surface area (Å²) in [6.45, 7) is 6.60. The summed E-state index contributed by atoms with van der Waals surface area (Å²) in [6, 6.07) is 6.80. The second kappa shape index (κ2) is 10.1. The molecule has 1 atom stereocenters. The monoisotopic (exact) mass is 391 g/mol. The van der Waals surface area contributed by atoms with Crippen LogP contribution in [0.2, 0.25) is 0 Å². The number of carbonyl (C=O) groups is 3. The number of hydrogen-bond donors (Lipinski definition) is 3. The maximum absolute atomic E-state index is 12.4. The Labute approximate surface area is 165 Å². The summed E-state index contributed by atoms with van der Waals surface area (Å²) in [4.78, 5) is 36.2. The van der Waals surface area contributed by atoms with Gasteiger partial charge in [0.25, 0.3) is 5.91 Å². The van der Waals surface area contributed by atoms with Crippen molar-refractivity contribution in [1.29, 1.82) is 0 Å². The molecule has 0 spiro atoms. The maximum Gasteiger partial charge on any atom is 0.407 e. The highest BCUT2D eigenvalue weighted by molar-refractivity contribution is 6.03. The van der Waals surface area contributed by atoms with Crippen molar-refractivity contribution in [2.75, 3.05) is 25.0 Å². The Bertz CT molecular complexity index is 693. The molecular weight excluding hydrogens is 362 g/mol. The van der Waals surface area contributed by atoms with E-state index < -0.39 is 11.7 Å². The van der Waals surface area contributed by atoms with Gasteiger partial charge in [-0.2, -0.15) is 0 Å². The first-order valence-electron chi connectivity index (χ1n) is 9.50. The van der Waals surface area contributed by atoms with Crippen molar-refractivity contribution in [3.05, 3.63) is 29.8 Å². The number of carbonyl (C=O) groups excluding carboxylic acids is 3. The summed E-state index contributed by atoms with van der Waals surface area (Å²) in [5, 5.41) is 8.09. The van der Waals surface area contributed by atoms with Crippen molar-refractivity contribution in [3.63, 3.8) is 0 Å². The van der Waals surface area contributed by atoms with Crippen LogP contribution in [0.3, 0.4) is 0 Å². The van der Waals surface area contributed by atoms with Gasteiger partial charge in [0.1, 0.15) is 5.60 Å². The second-order valence-electron chi connectivity index (χ2n) is 7.62. The number of alkyl carbamates (subject to hydrolysis) is 1. The molecule has 0 aromatic heterocycles. The molecule has 1 aliphatic rings. The van der Waals surface area contributed by atoms with E-state index >= 15 is 0 Å². The van der Waals surface area contributed by atoms with Gasteiger partial charge < -0.3 is 25.4 Å². The highest BCUT2D eigenvalue weighted by Gasteiger charge is 2.19. The summed E-state index contributed by atoms with van der Waals surface area (Å²) in [7, 11) is 0. The van der Waals surface area contributed by atoms with E-state index in [0.29, 0.717) is 17.8 Å². The smallest absolute Gasteiger partial charge is 0.407 e. The van der Waals surface area contributed by atoms with Crippen molar-refractivity contribution < 1.29 is 23.9 Å². The van der Waals surface area contributed by atoms with E-state index in [1.54, 1.807) is 45.0 Å². The lowest BCUT2D eigenvalue weighted by atomic mass is 10.1. The summed E-state index contributed by atoms with van der Waals surface area (Å²) < 4.78 is 10.6. The second-order valence-corrected chi connectivity index (χ2v) is 7.62. The van der Waals surface area contributed by atoms with Crippen LogP contribution in [0.15, 0.2) is 24.3 Å². The number of benzene rings is 1. The van der Waals surface area contributed by atoms with Gasteiger partial charge in [0.05, 0.1) is 17.4 Å². The topological polar surface area (TPSA) is 106 Å². The van der Waals surface area contributed by atoms with Gasteiger partial charge in [-0.05, 0) is 45.7 Å². The molecule has 0 radical (unpaired) electrons. The lowest BCUT2D eigenvalue weighted by Gasteiger charge is -2.19. The number of rotatable bonds is 7. The highest BCUT2D eigenvalue weighted by atomic mass is 16.6. The average molecular weight is 391 g/mol. The van der Waals surface area contributed by atoms with E-state index in [4.69, 9.17) is 9.47 Å². The molecule has 3 N–H and O–H groups in total. The molecule has 1 aliphatic heterocycles. The van der Waals surface area contributed by atoms with Gasteiger partial charge in [-0.15, -0.1) is 0 Å². The van der Waals surface area contributed by atoms with Crippen LogP contribution < -0.4 is 16.0 Å². The maximum atomic E-state index is 12.4. The molecule has 1 unspecified atom stereocenters. The molecule has 0 saturated carbocycles. The molecule has 3 amide bonds.